The molecule has 0 fully saturated rings. The highest BCUT2D eigenvalue weighted by molar-refractivity contribution is 7.91. The van der Waals surface area contributed by atoms with Crippen LogP contribution in [0.25, 0.3) is 34.2 Å². The molecule has 0 amide bonds. The van der Waals surface area contributed by atoms with Gasteiger partial charge in [0.1, 0.15) is 11.4 Å². The van der Waals surface area contributed by atoms with Gasteiger partial charge in [-0.1, -0.05) is 30.7 Å². The number of halogens is 4. The monoisotopic (exact) mass is 507 g/mol. The van der Waals surface area contributed by atoms with E-state index in [0.717, 1.165) is 18.3 Å². The molecule has 0 aliphatic heterocycles. The maximum atomic E-state index is 13.1. The Hall–Kier alpha value is -3.31. The lowest BCUT2D eigenvalue weighted by Gasteiger charge is -2.12. The van der Waals surface area contributed by atoms with E-state index in [2.05, 4.69) is 20.2 Å². The summed E-state index contributed by atoms with van der Waals surface area (Å²) in [7, 11) is -2.24. The molecule has 4 aromatic rings. The maximum absolute atomic E-state index is 13.1. The van der Waals surface area contributed by atoms with Crippen molar-refractivity contribution in [3.05, 3.63) is 65.4 Å². The predicted molar refractivity (Wildman–Crippen MR) is 121 cm³/mol. The third kappa shape index (κ3) is 4.53. The topological polar surface area (TPSA) is 90.6 Å². The summed E-state index contributed by atoms with van der Waals surface area (Å²) in [6.45, 7) is 1.50. The summed E-state index contributed by atoms with van der Waals surface area (Å²) in [5.74, 6) is -0.0838. The van der Waals surface area contributed by atoms with Gasteiger partial charge in [-0.3, -0.25) is 9.97 Å². The Balaban J connectivity index is 1.85. The second-order valence-corrected chi connectivity index (χ2v) is 10.00. The minimum Gasteiger partial charge on any atom is -0.307 e. The first-order valence-electron chi connectivity index (χ1n) is 9.93. The number of sulfone groups is 1. The third-order valence-electron chi connectivity index (χ3n) is 5.15. The minimum absolute atomic E-state index is 0.0320. The zero-order chi connectivity index (χ0) is 24.7. The first-order chi connectivity index (χ1) is 16.0. The second-order valence-electron chi connectivity index (χ2n) is 7.31. The molecule has 0 saturated heterocycles. The number of hydrogen-bond acceptors (Lipinski definition) is 6. The van der Waals surface area contributed by atoms with Crippen LogP contribution in [0.15, 0.2) is 59.8 Å². The van der Waals surface area contributed by atoms with Crippen LogP contribution >= 0.6 is 11.6 Å². The quantitative estimate of drug-likeness (QED) is 0.374. The van der Waals surface area contributed by atoms with Crippen LogP contribution in [-0.4, -0.2) is 38.9 Å². The molecule has 34 heavy (non-hydrogen) atoms. The van der Waals surface area contributed by atoms with Crippen molar-refractivity contribution in [3.8, 4) is 34.2 Å². The molecule has 0 aliphatic rings. The van der Waals surface area contributed by atoms with Crippen molar-refractivity contribution in [1.29, 1.82) is 0 Å². The molecule has 0 atom stereocenters. The van der Waals surface area contributed by atoms with Crippen LogP contribution in [0.5, 0.6) is 0 Å². The lowest BCUT2D eigenvalue weighted by molar-refractivity contribution is -0.137. The molecule has 0 aliphatic carbocycles. The van der Waals surface area contributed by atoms with Crippen LogP contribution < -0.4 is 0 Å². The molecule has 0 spiro atoms. The van der Waals surface area contributed by atoms with E-state index in [9.17, 15) is 21.6 Å². The zero-order valence-corrected chi connectivity index (χ0v) is 19.4. The number of hydrogen-bond donors (Lipinski definition) is 0. The van der Waals surface area contributed by atoms with Gasteiger partial charge in [-0.25, -0.2) is 8.42 Å². The van der Waals surface area contributed by atoms with Gasteiger partial charge in [-0.2, -0.15) is 13.2 Å². The van der Waals surface area contributed by atoms with Crippen LogP contribution in [0.1, 0.15) is 12.5 Å². The first kappa shape index (κ1) is 23.8. The molecule has 1 aromatic carbocycles. The number of aromatic nitrogens is 5. The van der Waals surface area contributed by atoms with E-state index in [0.29, 0.717) is 16.1 Å². The van der Waals surface area contributed by atoms with Crippen molar-refractivity contribution in [2.45, 2.75) is 18.0 Å². The summed E-state index contributed by atoms with van der Waals surface area (Å²) in [6.07, 6.45) is -2.04. The number of benzene rings is 1. The fraction of sp³-hybridized carbons (Fsp3) is 0.182. The SMILES string of the molecule is CCS(=O)(=O)c1cc(-c2ccc(Cl)cc2)cnc1-c1nnc(-c2cc(C(F)(F)F)ccn2)n1C. The highest BCUT2D eigenvalue weighted by atomic mass is 35.5. The Bertz CT molecular complexity index is 1470. The van der Waals surface area contributed by atoms with Crippen molar-refractivity contribution in [1.82, 2.24) is 24.7 Å². The molecule has 12 heteroatoms. The minimum atomic E-state index is -4.56. The van der Waals surface area contributed by atoms with Crippen LogP contribution in [-0.2, 0) is 23.1 Å². The van der Waals surface area contributed by atoms with Gasteiger partial charge in [0.05, 0.1) is 16.2 Å². The summed E-state index contributed by atoms with van der Waals surface area (Å²) in [5, 5.41) is 8.51. The van der Waals surface area contributed by atoms with E-state index in [1.165, 1.54) is 30.8 Å². The molecule has 0 radical (unpaired) electrons. The summed E-state index contributed by atoms with van der Waals surface area (Å²) < 4.78 is 66.6. The van der Waals surface area contributed by atoms with Crippen molar-refractivity contribution < 1.29 is 21.6 Å². The van der Waals surface area contributed by atoms with Crippen molar-refractivity contribution >= 4 is 21.4 Å². The molecule has 0 N–H and O–H groups in total. The largest absolute Gasteiger partial charge is 0.416 e. The van der Waals surface area contributed by atoms with Crippen molar-refractivity contribution in [2.24, 2.45) is 7.05 Å². The van der Waals surface area contributed by atoms with E-state index in [-0.39, 0.29) is 33.7 Å². The average Bonchev–Trinajstić information content (AvgIpc) is 3.20. The zero-order valence-electron chi connectivity index (χ0n) is 17.9. The average molecular weight is 508 g/mol. The molecular formula is C22H17ClF3N5O2S. The van der Waals surface area contributed by atoms with E-state index in [1.807, 2.05) is 0 Å². The van der Waals surface area contributed by atoms with Gasteiger partial charge in [0.15, 0.2) is 21.5 Å². The first-order valence-corrected chi connectivity index (χ1v) is 12.0. The van der Waals surface area contributed by atoms with E-state index in [4.69, 9.17) is 11.6 Å². The molecule has 3 heterocycles. The predicted octanol–water partition coefficient (Wildman–Crippen LogP) is 5.07. The Morgan fingerprint density at radius 2 is 1.65 bits per heavy atom. The summed E-state index contributed by atoms with van der Waals surface area (Å²) in [4.78, 5) is 8.25. The van der Waals surface area contributed by atoms with Gasteiger partial charge >= 0.3 is 6.18 Å². The fourth-order valence-corrected chi connectivity index (χ4v) is 4.47. The Morgan fingerprint density at radius 1 is 0.971 bits per heavy atom. The molecule has 0 bridgehead atoms. The van der Waals surface area contributed by atoms with Crippen LogP contribution in [0.2, 0.25) is 5.02 Å². The molecule has 7 nitrogen and oxygen atoms in total. The maximum Gasteiger partial charge on any atom is 0.416 e. The van der Waals surface area contributed by atoms with Crippen molar-refractivity contribution in [3.63, 3.8) is 0 Å². The molecule has 0 unspecified atom stereocenters. The second kappa shape index (κ2) is 8.80. The van der Waals surface area contributed by atoms with Crippen molar-refractivity contribution in [2.75, 3.05) is 5.75 Å². The smallest absolute Gasteiger partial charge is 0.307 e. The number of rotatable bonds is 5. The van der Waals surface area contributed by atoms with Gasteiger partial charge in [0, 0.05) is 30.0 Å². The number of pyridine rings is 2. The van der Waals surface area contributed by atoms with E-state index in [1.54, 1.807) is 24.3 Å². The Morgan fingerprint density at radius 3 is 2.29 bits per heavy atom. The van der Waals surface area contributed by atoms with Crippen LogP contribution in [0.4, 0.5) is 13.2 Å². The highest BCUT2D eigenvalue weighted by Crippen LogP contribution is 2.33. The normalized spacial score (nSPS) is 12.2. The Kier molecular flexibility index (Phi) is 6.17. The lowest BCUT2D eigenvalue weighted by atomic mass is 10.1. The molecule has 3 aromatic heterocycles. The van der Waals surface area contributed by atoms with Gasteiger partial charge in [0.2, 0.25) is 0 Å². The Labute approximate surface area is 198 Å². The van der Waals surface area contributed by atoms with Crippen LogP contribution in [0, 0.1) is 0 Å². The van der Waals surface area contributed by atoms with Gasteiger partial charge < -0.3 is 4.57 Å². The number of alkyl halides is 3. The summed E-state index contributed by atoms with van der Waals surface area (Å²) in [6, 6.07) is 10.0. The lowest BCUT2D eigenvalue weighted by Crippen LogP contribution is -2.09. The summed E-state index contributed by atoms with van der Waals surface area (Å²) >= 11 is 5.94. The highest BCUT2D eigenvalue weighted by Gasteiger charge is 2.31. The van der Waals surface area contributed by atoms with E-state index >= 15 is 0 Å². The van der Waals surface area contributed by atoms with E-state index < -0.39 is 21.6 Å². The molecular weight excluding hydrogens is 491 g/mol. The fourth-order valence-electron chi connectivity index (χ4n) is 3.29. The standard InChI is InChI=1S/C22H17ClF3N5O2S/c1-3-34(32,33)18-10-14(13-4-6-16(23)7-5-13)12-28-19(18)21-30-29-20(31(21)2)17-11-15(8-9-27-17)22(24,25)26/h4-12H,3H2,1-2H3. The van der Waals surface area contributed by atoms with Gasteiger partial charge in [-0.15, -0.1) is 10.2 Å². The molecule has 0 saturated carbocycles. The molecule has 4 rings (SSSR count). The molecule has 176 valence electrons. The number of nitrogens with zero attached hydrogens (tertiary/aromatic N) is 5. The summed E-state index contributed by atoms with van der Waals surface area (Å²) in [5.41, 5.74) is 0.348. The van der Waals surface area contributed by atoms with Gasteiger partial charge in [-0.05, 0) is 35.9 Å². The third-order valence-corrected chi connectivity index (χ3v) is 7.14. The van der Waals surface area contributed by atoms with Gasteiger partial charge in [0.25, 0.3) is 0 Å². The van der Waals surface area contributed by atoms with Crippen LogP contribution in [0.3, 0.4) is 0 Å².